The van der Waals surface area contributed by atoms with E-state index >= 15 is 0 Å². The van der Waals surface area contributed by atoms with E-state index in [1.165, 1.54) is 5.56 Å². The zero-order chi connectivity index (χ0) is 14.4. The van der Waals surface area contributed by atoms with Gasteiger partial charge < -0.3 is 0 Å². The van der Waals surface area contributed by atoms with Gasteiger partial charge in [-0.05, 0) is 24.1 Å². The summed E-state index contributed by atoms with van der Waals surface area (Å²) in [5, 5.41) is 0.944. The standard InChI is InChI=1S/C14H16N4OS/c1-10(14(19)18-15)12-4-2-11(3-5-12)8-20-13-6-7-16-9-17-13/h2-7,9-10H,8,15H2,1H3,(H,18,19). The van der Waals surface area contributed by atoms with Crippen molar-refractivity contribution in [3.63, 3.8) is 0 Å². The molecule has 20 heavy (non-hydrogen) atoms. The Labute approximate surface area is 122 Å². The van der Waals surface area contributed by atoms with Crippen molar-refractivity contribution in [3.8, 4) is 0 Å². The molecule has 0 saturated carbocycles. The molecule has 6 heteroatoms. The first kappa shape index (κ1) is 14.5. The van der Waals surface area contributed by atoms with Crippen LogP contribution in [0.4, 0.5) is 0 Å². The fourth-order valence-electron chi connectivity index (χ4n) is 1.70. The first-order valence-corrected chi connectivity index (χ1v) is 7.17. The lowest BCUT2D eigenvalue weighted by molar-refractivity contribution is -0.122. The van der Waals surface area contributed by atoms with Crippen molar-refractivity contribution < 1.29 is 4.79 Å². The monoisotopic (exact) mass is 288 g/mol. The third kappa shape index (κ3) is 3.79. The Hall–Kier alpha value is -1.92. The number of hydrogen-bond acceptors (Lipinski definition) is 5. The number of carbonyl (C=O) groups is 1. The number of hydrazine groups is 1. The summed E-state index contributed by atoms with van der Waals surface area (Å²) in [7, 11) is 0. The van der Waals surface area contributed by atoms with Crippen molar-refractivity contribution in [3.05, 3.63) is 54.0 Å². The van der Waals surface area contributed by atoms with E-state index in [1.807, 2.05) is 37.3 Å². The number of nitrogens with one attached hydrogen (secondary N) is 1. The number of aromatic nitrogens is 2. The highest BCUT2D eigenvalue weighted by atomic mass is 32.2. The van der Waals surface area contributed by atoms with E-state index in [0.717, 1.165) is 16.3 Å². The van der Waals surface area contributed by atoms with Gasteiger partial charge in [-0.15, -0.1) is 11.8 Å². The van der Waals surface area contributed by atoms with Gasteiger partial charge in [0.25, 0.3) is 0 Å². The number of benzene rings is 1. The van der Waals surface area contributed by atoms with Gasteiger partial charge in [0.1, 0.15) is 6.33 Å². The van der Waals surface area contributed by atoms with Crippen LogP contribution in [0.25, 0.3) is 0 Å². The Morgan fingerprint density at radius 1 is 1.35 bits per heavy atom. The van der Waals surface area contributed by atoms with Gasteiger partial charge in [-0.1, -0.05) is 24.3 Å². The summed E-state index contributed by atoms with van der Waals surface area (Å²) in [5.74, 6) is 5.53. The third-order valence-electron chi connectivity index (χ3n) is 2.96. The first-order valence-electron chi connectivity index (χ1n) is 6.19. The number of thioether (sulfide) groups is 1. The molecule has 0 aliphatic carbocycles. The van der Waals surface area contributed by atoms with E-state index in [0.29, 0.717) is 0 Å². The van der Waals surface area contributed by atoms with Crippen LogP contribution in [0.15, 0.2) is 47.9 Å². The maximum atomic E-state index is 11.5. The number of nitrogens with two attached hydrogens (primary N) is 1. The second-order valence-corrected chi connectivity index (χ2v) is 5.30. The molecule has 2 aromatic rings. The molecule has 0 radical (unpaired) electrons. The third-order valence-corrected chi connectivity index (χ3v) is 3.97. The molecule has 0 fully saturated rings. The zero-order valence-corrected chi connectivity index (χ0v) is 11.9. The Morgan fingerprint density at radius 2 is 2.10 bits per heavy atom. The summed E-state index contributed by atoms with van der Waals surface area (Å²) >= 11 is 1.65. The van der Waals surface area contributed by atoms with E-state index < -0.39 is 0 Å². The Kier molecular flexibility index (Phi) is 5.09. The van der Waals surface area contributed by atoms with Gasteiger partial charge in [0, 0.05) is 11.9 Å². The molecule has 1 amide bonds. The summed E-state index contributed by atoms with van der Waals surface area (Å²) < 4.78 is 0. The topological polar surface area (TPSA) is 80.9 Å². The summed E-state index contributed by atoms with van der Waals surface area (Å²) in [5.41, 5.74) is 4.29. The largest absolute Gasteiger partial charge is 0.294 e. The van der Waals surface area contributed by atoms with E-state index in [-0.39, 0.29) is 11.8 Å². The lowest BCUT2D eigenvalue weighted by Crippen LogP contribution is -2.33. The first-order chi connectivity index (χ1) is 9.70. The van der Waals surface area contributed by atoms with E-state index in [1.54, 1.807) is 24.3 Å². The predicted molar refractivity (Wildman–Crippen MR) is 78.8 cm³/mol. The molecule has 1 aromatic carbocycles. The van der Waals surface area contributed by atoms with Gasteiger partial charge in [0.2, 0.25) is 5.91 Å². The van der Waals surface area contributed by atoms with Gasteiger partial charge in [0.05, 0.1) is 10.9 Å². The second kappa shape index (κ2) is 7.02. The summed E-state index contributed by atoms with van der Waals surface area (Å²) in [4.78, 5) is 19.5. The van der Waals surface area contributed by atoms with Crippen molar-refractivity contribution in [2.45, 2.75) is 23.6 Å². The average molecular weight is 288 g/mol. The molecule has 104 valence electrons. The van der Waals surface area contributed by atoms with Crippen LogP contribution in [0.3, 0.4) is 0 Å². The van der Waals surface area contributed by atoms with Crippen LogP contribution in [-0.2, 0) is 10.5 Å². The molecule has 1 unspecified atom stereocenters. The molecule has 1 aromatic heterocycles. The molecule has 3 N–H and O–H groups in total. The van der Waals surface area contributed by atoms with E-state index in [2.05, 4.69) is 15.4 Å². The smallest absolute Gasteiger partial charge is 0.241 e. The second-order valence-electron chi connectivity index (χ2n) is 4.31. The minimum Gasteiger partial charge on any atom is -0.294 e. The maximum Gasteiger partial charge on any atom is 0.241 e. The highest BCUT2D eigenvalue weighted by molar-refractivity contribution is 7.98. The van der Waals surface area contributed by atoms with Crippen LogP contribution in [0, 0.1) is 0 Å². The van der Waals surface area contributed by atoms with Gasteiger partial charge in [-0.25, -0.2) is 15.8 Å². The molecular formula is C14H16N4OS. The lowest BCUT2D eigenvalue weighted by atomic mass is 10.00. The highest BCUT2D eigenvalue weighted by Gasteiger charge is 2.13. The maximum absolute atomic E-state index is 11.5. The molecule has 0 aliphatic heterocycles. The number of carbonyl (C=O) groups excluding carboxylic acids is 1. The normalized spacial score (nSPS) is 11.9. The quantitative estimate of drug-likeness (QED) is 0.288. The molecule has 0 aliphatic rings. The Morgan fingerprint density at radius 3 is 2.70 bits per heavy atom. The number of nitrogens with zero attached hydrogens (tertiary/aromatic N) is 2. The molecule has 1 atom stereocenters. The lowest BCUT2D eigenvalue weighted by Gasteiger charge is -2.10. The molecule has 2 rings (SSSR count). The summed E-state index contributed by atoms with van der Waals surface area (Å²) in [6.07, 6.45) is 3.27. The van der Waals surface area contributed by atoms with Crippen molar-refractivity contribution in [1.82, 2.24) is 15.4 Å². The fourth-order valence-corrected chi connectivity index (χ4v) is 2.49. The van der Waals surface area contributed by atoms with Crippen molar-refractivity contribution in [2.24, 2.45) is 5.84 Å². The van der Waals surface area contributed by atoms with E-state index in [9.17, 15) is 4.79 Å². The minimum absolute atomic E-state index is 0.187. The minimum atomic E-state index is -0.247. The molecule has 0 saturated heterocycles. The van der Waals surface area contributed by atoms with Crippen molar-refractivity contribution >= 4 is 17.7 Å². The van der Waals surface area contributed by atoms with Gasteiger partial charge in [-0.2, -0.15) is 0 Å². The molecule has 1 heterocycles. The van der Waals surface area contributed by atoms with Crippen LogP contribution in [0.2, 0.25) is 0 Å². The SMILES string of the molecule is CC(C(=O)NN)c1ccc(CSc2ccncn2)cc1. The summed E-state index contributed by atoms with van der Waals surface area (Å²) in [6.45, 7) is 1.83. The highest BCUT2D eigenvalue weighted by Crippen LogP contribution is 2.22. The van der Waals surface area contributed by atoms with Gasteiger partial charge >= 0.3 is 0 Å². The van der Waals surface area contributed by atoms with Gasteiger partial charge in [0.15, 0.2) is 0 Å². The Balaban J connectivity index is 1.96. The van der Waals surface area contributed by atoms with Crippen LogP contribution in [0.5, 0.6) is 0 Å². The molecule has 0 bridgehead atoms. The fraction of sp³-hybridized carbons (Fsp3) is 0.214. The molecular weight excluding hydrogens is 272 g/mol. The predicted octanol–water partition coefficient (Wildman–Crippen LogP) is 1.86. The number of rotatable bonds is 5. The number of amides is 1. The number of hydrogen-bond donors (Lipinski definition) is 2. The van der Waals surface area contributed by atoms with Crippen LogP contribution in [0.1, 0.15) is 24.0 Å². The zero-order valence-electron chi connectivity index (χ0n) is 11.1. The van der Waals surface area contributed by atoms with Crippen molar-refractivity contribution in [2.75, 3.05) is 0 Å². The van der Waals surface area contributed by atoms with Crippen LogP contribution in [-0.4, -0.2) is 15.9 Å². The van der Waals surface area contributed by atoms with Crippen LogP contribution >= 0.6 is 11.8 Å². The Bertz CT molecular complexity index is 559. The molecule has 5 nitrogen and oxygen atoms in total. The van der Waals surface area contributed by atoms with Crippen molar-refractivity contribution in [1.29, 1.82) is 0 Å². The van der Waals surface area contributed by atoms with E-state index in [4.69, 9.17) is 5.84 Å². The van der Waals surface area contributed by atoms with Gasteiger partial charge in [-0.3, -0.25) is 10.2 Å². The van der Waals surface area contributed by atoms with Crippen LogP contribution < -0.4 is 11.3 Å². The average Bonchev–Trinajstić information content (AvgIpc) is 2.53. The molecule has 0 spiro atoms. The summed E-state index contributed by atoms with van der Waals surface area (Å²) in [6, 6.07) is 9.83.